The molecule has 0 radical (unpaired) electrons. The number of hydrogen-bond donors (Lipinski definition) is 2. The van der Waals surface area contributed by atoms with E-state index in [0.717, 1.165) is 18.8 Å². The average Bonchev–Trinajstić information content (AvgIpc) is 2.24. The predicted molar refractivity (Wildman–Crippen MR) is 67.1 cm³/mol. The fourth-order valence-corrected chi connectivity index (χ4v) is 1.86. The van der Waals surface area contributed by atoms with Gasteiger partial charge in [-0.3, -0.25) is 4.79 Å². The maximum Gasteiger partial charge on any atom is 0.219 e. The number of ether oxygens (including phenoxy) is 1. The van der Waals surface area contributed by atoms with Gasteiger partial charge in [0.25, 0.3) is 0 Å². The Bertz CT molecular complexity index is 428. The van der Waals surface area contributed by atoms with Crippen molar-refractivity contribution in [2.45, 2.75) is 13.0 Å². The number of nitrogens with zero attached hydrogens (tertiary/aromatic N) is 1. The van der Waals surface area contributed by atoms with E-state index in [9.17, 15) is 4.79 Å². The van der Waals surface area contributed by atoms with E-state index in [1.54, 1.807) is 18.9 Å². The smallest absolute Gasteiger partial charge is 0.219 e. The first kappa shape index (κ1) is 11.6. The molecule has 17 heavy (non-hydrogen) atoms. The average molecular weight is 235 g/mol. The van der Waals surface area contributed by atoms with Crippen molar-refractivity contribution in [3.8, 4) is 5.75 Å². The molecule has 1 fully saturated rings. The van der Waals surface area contributed by atoms with Gasteiger partial charge in [-0.05, 0) is 12.1 Å². The van der Waals surface area contributed by atoms with Crippen molar-refractivity contribution >= 4 is 17.3 Å². The third kappa shape index (κ3) is 2.43. The molecule has 2 rings (SSSR count). The van der Waals surface area contributed by atoms with Crippen LogP contribution in [0.4, 0.5) is 11.4 Å². The zero-order valence-electron chi connectivity index (χ0n) is 10.1. The number of nitrogens with two attached hydrogens (primary N) is 1. The van der Waals surface area contributed by atoms with Crippen LogP contribution in [-0.2, 0) is 4.79 Å². The molecule has 0 bridgehead atoms. The highest BCUT2D eigenvalue weighted by molar-refractivity contribution is 5.74. The van der Waals surface area contributed by atoms with Crippen LogP contribution in [0.1, 0.15) is 6.92 Å². The summed E-state index contributed by atoms with van der Waals surface area (Å²) in [6.45, 7) is 3.09. The summed E-state index contributed by atoms with van der Waals surface area (Å²) in [5.41, 5.74) is 7.32. The zero-order valence-corrected chi connectivity index (χ0v) is 10.1. The number of benzene rings is 1. The summed E-state index contributed by atoms with van der Waals surface area (Å²) in [6, 6.07) is 5.90. The monoisotopic (exact) mass is 235 g/mol. The van der Waals surface area contributed by atoms with E-state index in [1.807, 2.05) is 18.2 Å². The summed E-state index contributed by atoms with van der Waals surface area (Å²) in [5, 5.41) is 3.34. The minimum absolute atomic E-state index is 0.123. The maximum absolute atomic E-state index is 11.0. The number of carbonyl (C=O) groups is 1. The van der Waals surface area contributed by atoms with Gasteiger partial charge in [0.2, 0.25) is 5.91 Å². The van der Waals surface area contributed by atoms with Gasteiger partial charge in [-0.15, -0.1) is 0 Å². The first-order valence-corrected chi connectivity index (χ1v) is 5.55. The Morgan fingerprint density at radius 2 is 2.24 bits per heavy atom. The summed E-state index contributed by atoms with van der Waals surface area (Å²) < 4.78 is 5.15. The molecule has 5 heteroatoms. The Morgan fingerprint density at radius 3 is 2.82 bits per heavy atom. The highest BCUT2D eigenvalue weighted by Gasteiger charge is 2.28. The summed E-state index contributed by atoms with van der Waals surface area (Å²) in [4.78, 5) is 12.8. The molecule has 1 saturated heterocycles. The largest absolute Gasteiger partial charge is 0.495 e. The van der Waals surface area contributed by atoms with Gasteiger partial charge >= 0.3 is 0 Å². The van der Waals surface area contributed by atoms with Crippen LogP contribution in [0.5, 0.6) is 5.75 Å². The molecular weight excluding hydrogens is 218 g/mol. The lowest BCUT2D eigenvalue weighted by Crippen LogP contribution is -2.56. The molecule has 0 spiro atoms. The van der Waals surface area contributed by atoms with E-state index in [2.05, 4.69) is 5.32 Å². The van der Waals surface area contributed by atoms with Crippen LogP contribution in [0.15, 0.2) is 18.2 Å². The van der Waals surface area contributed by atoms with Crippen LogP contribution in [0, 0.1) is 0 Å². The van der Waals surface area contributed by atoms with Gasteiger partial charge in [-0.25, -0.2) is 0 Å². The molecule has 1 aromatic rings. The third-order valence-corrected chi connectivity index (χ3v) is 2.93. The van der Waals surface area contributed by atoms with Crippen molar-refractivity contribution < 1.29 is 9.53 Å². The fourth-order valence-electron chi connectivity index (χ4n) is 1.86. The number of amides is 1. The Kier molecular flexibility index (Phi) is 3.08. The van der Waals surface area contributed by atoms with E-state index in [-0.39, 0.29) is 5.91 Å². The SMILES string of the molecule is COc1cc(NC2CN(C(C)=O)C2)ccc1N. The first-order chi connectivity index (χ1) is 8.10. The topological polar surface area (TPSA) is 67.6 Å². The summed E-state index contributed by atoms with van der Waals surface area (Å²) in [6.07, 6.45) is 0. The van der Waals surface area contributed by atoms with Crippen molar-refractivity contribution in [3.63, 3.8) is 0 Å². The Hall–Kier alpha value is -1.91. The molecule has 0 aliphatic carbocycles. The first-order valence-electron chi connectivity index (χ1n) is 5.55. The summed E-state index contributed by atoms with van der Waals surface area (Å²) in [7, 11) is 1.59. The molecule has 92 valence electrons. The standard InChI is InChI=1S/C12H17N3O2/c1-8(16)15-6-10(7-15)14-9-3-4-11(13)12(5-9)17-2/h3-5,10,14H,6-7,13H2,1-2H3. The molecule has 1 aliphatic rings. The lowest BCUT2D eigenvalue weighted by molar-refractivity contribution is -0.132. The molecule has 1 aromatic carbocycles. The number of likely N-dealkylation sites (tertiary alicyclic amines) is 1. The van der Waals surface area contributed by atoms with Crippen molar-refractivity contribution in [1.82, 2.24) is 4.90 Å². The fraction of sp³-hybridized carbons (Fsp3) is 0.417. The normalized spacial score (nSPS) is 15.3. The van der Waals surface area contributed by atoms with Crippen LogP contribution >= 0.6 is 0 Å². The number of hydrogen-bond acceptors (Lipinski definition) is 4. The second-order valence-electron chi connectivity index (χ2n) is 4.22. The highest BCUT2D eigenvalue weighted by Crippen LogP contribution is 2.26. The van der Waals surface area contributed by atoms with Gasteiger partial charge in [0.1, 0.15) is 5.75 Å². The molecule has 5 nitrogen and oxygen atoms in total. The van der Waals surface area contributed by atoms with Gasteiger partial charge in [0.05, 0.1) is 18.8 Å². The van der Waals surface area contributed by atoms with E-state index in [0.29, 0.717) is 17.5 Å². The number of rotatable bonds is 3. The Morgan fingerprint density at radius 1 is 1.53 bits per heavy atom. The number of nitrogen functional groups attached to an aromatic ring is 1. The minimum atomic E-state index is 0.123. The van der Waals surface area contributed by atoms with Gasteiger partial charge in [0, 0.05) is 31.8 Å². The van der Waals surface area contributed by atoms with Crippen LogP contribution in [0.3, 0.4) is 0 Å². The van der Waals surface area contributed by atoms with E-state index >= 15 is 0 Å². The summed E-state index contributed by atoms with van der Waals surface area (Å²) in [5.74, 6) is 0.788. The van der Waals surface area contributed by atoms with Crippen LogP contribution < -0.4 is 15.8 Å². The van der Waals surface area contributed by atoms with Gasteiger partial charge in [-0.2, -0.15) is 0 Å². The lowest BCUT2D eigenvalue weighted by atomic mass is 10.1. The maximum atomic E-state index is 11.0. The summed E-state index contributed by atoms with van der Waals surface area (Å²) >= 11 is 0. The molecule has 0 saturated carbocycles. The highest BCUT2D eigenvalue weighted by atomic mass is 16.5. The number of carbonyl (C=O) groups excluding carboxylic acids is 1. The van der Waals surface area contributed by atoms with E-state index in [4.69, 9.17) is 10.5 Å². The number of anilines is 2. The van der Waals surface area contributed by atoms with Crippen molar-refractivity contribution in [1.29, 1.82) is 0 Å². The molecule has 0 aromatic heterocycles. The zero-order chi connectivity index (χ0) is 12.4. The van der Waals surface area contributed by atoms with Crippen LogP contribution in [0.25, 0.3) is 0 Å². The molecule has 1 amide bonds. The third-order valence-electron chi connectivity index (χ3n) is 2.93. The van der Waals surface area contributed by atoms with E-state index in [1.165, 1.54) is 0 Å². The van der Waals surface area contributed by atoms with Gasteiger partial charge < -0.3 is 20.7 Å². The van der Waals surface area contributed by atoms with Gasteiger partial charge in [-0.1, -0.05) is 0 Å². The molecule has 0 atom stereocenters. The van der Waals surface area contributed by atoms with E-state index < -0.39 is 0 Å². The molecule has 1 heterocycles. The lowest BCUT2D eigenvalue weighted by Gasteiger charge is -2.39. The predicted octanol–water partition coefficient (Wildman–Crippen LogP) is 0.920. The van der Waals surface area contributed by atoms with Crippen molar-refractivity contribution in [3.05, 3.63) is 18.2 Å². The molecule has 3 N–H and O–H groups in total. The molecule has 1 aliphatic heterocycles. The minimum Gasteiger partial charge on any atom is -0.495 e. The number of methoxy groups -OCH3 is 1. The molecule has 0 unspecified atom stereocenters. The van der Waals surface area contributed by atoms with Crippen molar-refractivity contribution in [2.75, 3.05) is 31.2 Å². The Balaban J connectivity index is 1.94. The quantitative estimate of drug-likeness (QED) is 0.764. The Labute approximate surface area is 101 Å². The second kappa shape index (κ2) is 4.53. The van der Waals surface area contributed by atoms with Crippen LogP contribution in [-0.4, -0.2) is 37.0 Å². The molecular formula is C12H17N3O2. The van der Waals surface area contributed by atoms with Crippen molar-refractivity contribution in [2.24, 2.45) is 0 Å². The van der Waals surface area contributed by atoms with Crippen LogP contribution in [0.2, 0.25) is 0 Å². The second-order valence-corrected chi connectivity index (χ2v) is 4.22. The number of nitrogens with one attached hydrogen (secondary N) is 1. The van der Waals surface area contributed by atoms with Gasteiger partial charge in [0.15, 0.2) is 0 Å².